The molecule has 1 aromatic carbocycles. The molecule has 0 bridgehead atoms. The normalized spacial score (nSPS) is 12.3. The SMILES string of the molecule is FC(F)(F)CCCc1ccnc2c1ccc1c(CCCC(F)(F)F)ccnc12.[Cl][Pt][Cl]. The number of hydrogen-bond donors (Lipinski definition) is 0. The molecule has 2 aromatic heterocycles. The van der Waals surface area contributed by atoms with Crippen molar-refractivity contribution in [2.75, 3.05) is 0 Å². The van der Waals surface area contributed by atoms with E-state index in [-0.39, 0.29) is 25.7 Å². The molecule has 0 unspecified atom stereocenters. The summed E-state index contributed by atoms with van der Waals surface area (Å²) in [7, 11) is 9.75. The Kier molecular flexibility index (Phi) is 9.84. The second kappa shape index (κ2) is 11.7. The van der Waals surface area contributed by atoms with Gasteiger partial charge in [0.15, 0.2) is 0 Å². The molecule has 0 amide bonds. The van der Waals surface area contributed by atoms with Gasteiger partial charge in [-0.1, -0.05) is 12.1 Å². The van der Waals surface area contributed by atoms with E-state index in [2.05, 4.69) is 9.97 Å². The van der Waals surface area contributed by atoms with Crippen LogP contribution in [-0.4, -0.2) is 22.3 Å². The number of hydrogen-bond acceptors (Lipinski definition) is 2. The second-order valence-corrected chi connectivity index (χ2v) is 10.1. The van der Waals surface area contributed by atoms with E-state index in [1.807, 2.05) is 0 Å². The second-order valence-electron chi connectivity index (χ2n) is 6.78. The Bertz CT molecular complexity index is 916. The number of benzene rings is 1. The van der Waals surface area contributed by atoms with E-state index in [0.717, 1.165) is 21.9 Å². The monoisotopic (exact) mass is 665 g/mol. The number of halogens is 8. The van der Waals surface area contributed by atoms with Crippen LogP contribution in [0.25, 0.3) is 21.8 Å². The van der Waals surface area contributed by atoms with Gasteiger partial charge in [0.05, 0.1) is 11.0 Å². The molecule has 0 radical (unpaired) electrons. The first-order chi connectivity index (χ1) is 14.6. The van der Waals surface area contributed by atoms with Crippen molar-refractivity contribution in [2.45, 2.75) is 50.9 Å². The van der Waals surface area contributed by atoms with Gasteiger partial charge in [-0.2, -0.15) is 26.3 Å². The Morgan fingerprint density at radius 1 is 0.677 bits per heavy atom. The van der Waals surface area contributed by atoms with Crippen LogP contribution in [0.15, 0.2) is 36.7 Å². The Labute approximate surface area is 191 Å². The fourth-order valence-electron chi connectivity index (χ4n) is 3.34. The van der Waals surface area contributed by atoms with Gasteiger partial charge in [0, 0.05) is 36.0 Å². The molecule has 31 heavy (non-hydrogen) atoms. The summed E-state index contributed by atoms with van der Waals surface area (Å²) in [4.78, 5) is 8.65. The Morgan fingerprint density at radius 2 is 1.03 bits per heavy atom. The number of nitrogens with zero attached hydrogens (tertiary/aromatic N) is 2. The van der Waals surface area contributed by atoms with Gasteiger partial charge in [0.25, 0.3) is 0 Å². The van der Waals surface area contributed by atoms with E-state index < -0.39 is 41.7 Å². The van der Waals surface area contributed by atoms with E-state index in [4.69, 9.17) is 18.8 Å². The molecule has 0 atom stereocenters. The third-order valence-corrected chi connectivity index (χ3v) is 4.61. The van der Waals surface area contributed by atoms with Crippen LogP contribution in [0.2, 0.25) is 0 Å². The molecule has 0 aliphatic heterocycles. The van der Waals surface area contributed by atoms with E-state index in [1.165, 1.54) is 12.4 Å². The van der Waals surface area contributed by atoms with Gasteiger partial charge in [-0.3, -0.25) is 9.97 Å². The van der Waals surface area contributed by atoms with Crippen molar-refractivity contribution in [1.82, 2.24) is 9.97 Å². The zero-order valence-electron chi connectivity index (χ0n) is 15.9. The first-order valence-corrected chi connectivity index (χ1v) is 14.8. The topological polar surface area (TPSA) is 25.8 Å². The molecule has 0 saturated heterocycles. The standard InChI is InChI=1S/C20H18F6N2.2ClH.Pt/c21-19(22,23)9-1-3-13-7-11-27-17-15(13)5-6-16-14(8-12-28-18(16)17)4-2-10-20(24,25)26;;;/h5-8,11-12H,1-4,9-10H2;2*1H;/q;;;+2/p-2. The van der Waals surface area contributed by atoms with Crippen LogP contribution in [0.4, 0.5) is 26.3 Å². The van der Waals surface area contributed by atoms with Crippen LogP contribution in [-0.2, 0) is 29.3 Å². The van der Waals surface area contributed by atoms with Crippen LogP contribution in [0, 0.1) is 0 Å². The number of alkyl halides is 6. The zero-order chi connectivity index (χ0) is 23.1. The number of pyridine rings is 2. The van der Waals surface area contributed by atoms with Gasteiger partial charge in [-0.25, -0.2) is 0 Å². The van der Waals surface area contributed by atoms with Crippen molar-refractivity contribution >= 4 is 40.6 Å². The number of aryl methyl sites for hydroxylation is 2. The van der Waals surface area contributed by atoms with Crippen LogP contribution < -0.4 is 0 Å². The third kappa shape index (κ3) is 8.39. The van der Waals surface area contributed by atoms with Gasteiger partial charge >= 0.3 is 47.7 Å². The van der Waals surface area contributed by atoms with Crippen molar-refractivity contribution in [3.63, 3.8) is 0 Å². The fourth-order valence-corrected chi connectivity index (χ4v) is 3.34. The first kappa shape index (κ1) is 26.1. The maximum absolute atomic E-state index is 12.4. The van der Waals surface area contributed by atoms with Gasteiger partial charge in [-0.15, -0.1) is 0 Å². The van der Waals surface area contributed by atoms with Gasteiger partial charge in [0.1, 0.15) is 0 Å². The summed E-state index contributed by atoms with van der Waals surface area (Å²) in [6, 6.07) is 6.92. The number of aromatic nitrogens is 2. The summed E-state index contributed by atoms with van der Waals surface area (Å²) in [5.74, 6) is 0. The van der Waals surface area contributed by atoms with Gasteiger partial charge < -0.3 is 0 Å². The summed E-state index contributed by atoms with van der Waals surface area (Å²) in [6.45, 7) is 0. The molecule has 0 N–H and O–H groups in total. The van der Waals surface area contributed by atoms with E-state index >= 15 is 0 Å². The van der Waals surface area contributed by atoms with E-state index in [1.54, 1.807) is 24.3 Å². The van der Waals surface area contributed by atoms with Gasteiger partial charge in [0.2, 0.25) is 0 Å². The predicted molar refractivity (Wildman–Crippen MR) is 107 cm³/mol. The average molecular weight is 666 g/mol. The van der Waals surface area contributed by atoms with Crippen LogP contribution in [0.1, 0.15) is 36.8 Å². The van der Waals surface area contributed by atoms with Crippen LogP contribution in [0.5, 0.6) is 0 Å². The Hall–Kier alpha value is -1.11. The number of rotatable bonds is 6. The summed E-state index contributed by atoms with van der Waals surface area (Å²) in [6.07, 6.45) is -6.56. The van der Waals surface area contributed by atoms with E-state index in [0.29, 0.717) is 11.0 Å². The number of fused-ring (bicyclic) bond motifs is 3. The summed E-state index contributed by atoms with van der Waals surface area (Å²) < 4.78 is 74.4. The summed E-state index contributed by atoms with van der Waals surface area (Å²) >= 11 is -0.472. The summed E-state index contributed by atoms with van der Waals surface area (Å²) in [5.41, 5.74) is 2.61. The summed E-state index contributed by atoms with van der Waals surface area (Å²) in [5, 5.41) is 1.44. The molecule has 2 nitrogen and oxygen atoms in total. The Balaban J connectivity index is 0.00000107. The molecule has 0 spiro atoms. The predicted octanol–water partition coefficient (Wildman–Crippen LogP) is 7.93. The first-order valence-electron chi connectivity index (χ1n) is 9.16. The molecular formula is C20H18Cl2F6N2Pt. The maximum atomic E-state index is 12.4. The van der Waals surface area contributed by atoms with Gasteiger partial charge in [-0.05, 0) is 48.9 Å². The van der Waals surface area contributed by atoms with E-state index in [9.17, 15) is 26.3 Å². The molecule has 0 aliphatic rings. The molecule has 2 heterocycles. The average Bonchev–Trinajstić information content (AvgIpc) is 2.67. The fraction of sp³-hybridized carbons (Fsp3) is 0.400. The van der Waals surface area contributed by atoms with Crippen LogP contribution in [0.3, 0.4) is 0 Å². The van der Waals surface area contributed by atoms with Crippen molar-refractivity contribution in [3.8, 4) is 0 Å². The Morgan fingerprint density at radius 3 is 1.35 bits per heavy atom. The van der Waals surface area contributed by atoms with Crippen LogP contribution >= 0.6 is 18.8 Å². The molecule has 0 aliphatic carbocycles. The van der Waals surface area contributed by atoms with Crippen molar-refractivity contribution in [1.29, 1.82) is 0 Å². The zero-order valence-corrected chi connectivity index (χ0v) is 19.7. The molecule has 3 rings (SSSR count). The van der Waals surface area contributed by atoms with Crippen molar-refractivity contribution in [2.24, 2.45) is 0 Å². The third-order valence-electron chi connectivity index (χ3n) is 4.61. The molecule has 3 aromatic rings. The molecule has 0 fully saturated rings. The molecule has 11 heteroatoms. The molecule has 0 saturated carbocycles. The minimum absolute atomic E-state index is 0.0223. The minimum atomic E-state index is -4.19. The molecular weight excluding hydrogens is 648 g/mol. The van der Waals surface area contributed by atoms with Crippen molar-refractivity contribution in [3.05, 3.63) is 47.8 Å². The quantitative estimate of drug-likeness (QED) is 0.197. The molecule has 174 valence electrons. The van der Waals surface area contributed by atoms with Crippen molar-refractivity contribution < 1.29 is 42.8 Å².